The maximum atomic E-state index is 6.03. The molecule has 0 saturated carbocycles. The van der Waals surface area contributed by atoms with Gasteiger partial charge in [0.25, 0.3) is 0 Å². The molecule has 1 heterocycles. The van der Waals surface area contributed by atoms with Crippen LogP contribution >= 0.6 is 0 Å². The van der Waals surface area contributed by atoms with Gasteiger partial charge in [-0.05, 0) is 45.3 Å². The van der Waals surface area contributed by atoms with Gasteiger partial charge in [-0.25, -0.2) is 0 Å². The summed E-state index contributed by atoms with van der Waals surface area (Å²) < 4.78 is 12.1. The second-order valence-electron chi connectivity index (χ2n) is 6.11. The highest BCUT2D eigenvalue weighted by Gasteiger charge is 2.51. The monoisotopic (exact) mass is 261 g/mol. The Hall–Kier alpha value is -0.835. The number of hydrogen-bond donors (Lipinski definition) is 1. The Balaban J connectivity index is 2.08. The van der Waals surface area contributed by atoms with Gasteiger partial charge in [0.2, 0.25) is 0 Å². The lowest BCUT2D eigenvalue weighted by atomic mass is 9.79. The molecule has 0 unspecified atom stereocenters. The SMILES string of the molecule is CCNCc1ccc(B2OC(C)(C)C(C)(C)O2)cc1. The molecule has 1 aliphatic rings. The van der Waals surface area contributed by atoms with Crippen molar-refractivity contribution >= 4 is 12.6 Å². The largest absolute Gasteiger partial charge is 0.494 e. The molecule has 2 rings (SSSR count). The van der Waals surface area contributed by atoms with Crippen LogP contribution in [0.3, 0.4) is 0 Å². The van der Waals surface area contributed by atoms with Crippen LogP contribution in [0.2, 0.25) is 0 Å². The summed E-state index contributed by atoms with van der Waals surface area (Å²) in [6, 6.07) is 8.44. The van der Waals surface area contributed by atoms with Crippen LogP contribution in [0.25, 0.3) is 0 Å². The van der Waals surface area contributed by atoms with E-state index < -0.39 is 0 Å². The molecule has 0 amide bonds. The standard InChI is InChI=1S/C15H24BNO2/c1-6-17-11-12-7-9-13(10-8-12)16-18-14(2,3)15(4,5)19-16/h7-10,17H,6,11H2,1-5H3. The Bertz CT molecular complexity index is 412. The van der Waals surface area contributed by atoms with Crippen LogP contribution < -0.4 is 10.8 Å². The van der Waals surface area contributed by atoms with Gasteiger partial charge in [-0.15, -0.1) is 0 Å². The molecule has 0 aromatic heterocycles. The predicted molar refractivity (Wildman–Crippen MR) is 79.5 cm³/mol. The molecule has 1 saturated heterocycles. The first-order valence-electron chi connectivity index (χ1n) is 7.01. The van der Waals surface area contributed by atoms with Crippen molar-refractivity contribution in [3.63, 3.8) is 0 Å². The van der Waals surface area contributed by atoms with Crippen LogP contribution in [0.5, 0.6) is 0 Å². The topological polar surface area (TPSA) is 30.5 Å². The molecule has 1 N–H and O–H groups in total. The van der Waals surface area contributed by atoms with Crippen LogP contribution in [0.1, 0.15) is 40.2 Å². The molecule has 0 bridgehead atoms. The minimum absolute atomic E-state index is 0.266. The van der Waals surface area contributed by atoms with Crippen LogP contribution in [0.15, 0.2) is 24.3 Å². The minimum atomic E-state index is -0.278. The quantitative estimate of drug-likeness (QED) is 0.842. The van der Waals surface area contributed by atoms with Crippen LogP contribution in [0, 0.1) is 0 Å². The van der Waals surface area contributed by atoms with E-state index in [9.17, 15) is 0 Å². The van der Waals surface area contributed by atoms with Gasteiger partial charge in [-0.3, -0.25) is 0 Å². The van der Waals surface area contributed by atoms with Crippen LogP contribution in [-0.4, -0.2) is 24.9 Å². The Morgan fingerprint density at radius 3 is 2.00 bits per heavy atom. The fourth-order valence-electron chi connectivity index (χ4n) is 2.04. The third-order valence-electron chi connectivity index (χ3n) is 4.08. The van der Waals surface area contributed by atoms with Gasteiger partial charge < -0.3 is 14.6 Å². The van der Waals surface area contributed by atoms with E-state index >= 15 is 0 Å². The lowest BCUT2D eigenvalue weighted by Gasteiger charge is -2.32. The van der Waals surface area contributed by atoms with Crippen molar-refractivity contribution in [1.29, 1.82) is 0 Å². The van der Waals surface area contributed by atoms with Crippen molar-refractivity contribution < 1.29 is 9.31 Å². The van der Waals surface area contributed by atoms with Gasteiger partial charge in [0, 0.05) is 6.54 Å². The molecular formula is C15H24BNO2. The smallest absolute Gasteiger partial charge is 0.399 e. The second kappa shape index (κ2) is 5.27. The molecule has 0 aliphatic carbocycles. The van der Waals surface area contributed by atoms with Crippen molar-refractivity contribution in [3.05, 3.63) is 29.8 Å². The summed E-state index contributed by atoms with van der Waals surface area (Å²) in [5.74, 6) is 0. The fraction of sp³-hybridized carbons (Fsp3) is 0.600. The number of nitrogens with one attached hydrogen (secondary N) is 1. The van der Waals surface area contributed by atoms with E-state index in [0.29, 0.717) is 0 Å². The van der Waals surface area contributed by atoms with Gasteiger partial charge in [-0.1, -0.05) is 31.2 Å². The Kier molecular flexibility index (Phi) is 4.04. The number of hydrogen-bond acceptors (Lipinski definition) is 3. The summed E-state index contributed by atoms with van der Waals surface area (Å²) in [5.41, 5.74) is 1.81. The summed E-state index contributed by atoms with van der Waals surface area (Å²) >= 11 is 0. The Morgan fingerprint density at radius 2 is 1.53 bits per heavy atom. The third-order valence-corrected chi connectivity index (χ3v) is 4.08. The zero-order valence-electron chi connectivity index (χ0n) is 12.6. The average Bonchev–Trinajstić information content (AvgIpc) is 2.56. The van der Waals surface area contributed by atoms with Gasteiger partial charge in [0.1, 0.15) is 0 Å². The first-order chi connectivity index (χ1) is 8.86. The molecule has 19 heavy (non-hydrogen) atoms. The van der Waals surface area contributed by atoms with Crippen LogP contribution in [0.4, 0.5) is 0 Å². The second-order valence-corrected chi connectivity index (χ2v) is 6.11. The highest BCUT2D eigenvalue weighted by atomic mass is 16.7. The van der Waals surface area contributed by atoms with Crippen molar-refractivity contribution in [2.45, 2.75) is 52.4 Å². The molecule has 4 heteroatoms. The van der Waals surface area contributed by atoms with Crippen molar-refractivity contribution in [1.82, 2.24) is 5.32 Å². The summed E-state index contributed by atoms with van der Waals surface area (Å²) in [4.78, 5) is 0. The molecule has 0 atom stereocenters. The van der Waals surface area contributed by atoms with E-state index in [1.807, 2.05) is 0 Å². The molecular weight excluding hydrogens is 237 g/mol. The molecule has 1 fully saturated rings. The van der Waals surface area contributed by atoms with E-state index in [1.165, 1.54) is 5.56 Å². The average molecular weight is 261 g/mol. The molecule has 1 aliphatic heterocycles. The van der Waals surface area contributed by atoms with E-state index in [4.69, 9.17) is 9.31 Å². The van der Waals surface area contributed by atoms with Gasteiger partial charge in [0.05, 0.1) is 11.2 Å². The molecule has 0 spiro atoms. The molecule has 104 valence electrons. The Morgan fingerprint density at radius 1 is 1.00 bits per heavy atom. The van der Waals surface area contributed by atoms with E-state index in [-0.39, 0.29) is 18.3 Å². The van der Waals surface area contributed by atoms with Gasteiger partial charge >= 0.3 is 7.12 Å². The van der Waals surface area contributed by atoms with Crippen molar-refractivity contribution in [2.24, 2.45) is 0 Å². The number of benzene rings is 1. The predicted octanol–water partition coefficient (Wildman–Crippen LogP) is 2.10. The fourth-order valence-corrected chi connectivity index (χ4v) is 2.04. The first-order valence-corrected chi connectivity index (χ1v) is 7.01. The molecule has 3 nitrogen and oxygen atoms in total. The normalized spacial score (nSPS) is 20.8. The van der Waals surface area contributed by atoms with Crippen molar-refractivity contribution in [3.8, 4) is 0 Å². The number of rotatable bonds is 4. The van der Waals surface area contributed by atoms with Gasteiger partial charge in [-0.2, -0.15) is 0 Å². The summed E-state index contributed by atoms with van der Waals surface area (Å²) in [7, 11) is -0.266. The Labute approximate surface area is 116 Å². The summed E-state index contributed by atoms with van der Waals surface area (Å²) in [6.45, 7) is 12.3. The van der Waals surface area contributed by atoms with E-state index in [1.54, 1.807) is 0 Å². The lowest BCUT2D eigenvalue weighted by Crippen LogP contribution is -2.41. The zero-order chi connectivity index (χ0) is 14.1. The molecule has 1 aromatic carbocycles. The maximum absolute atomic E-state index is 6.03. The summed E-state index contributed by atoms with van der Waals surface area (Å²) in [6.07, 6.45) is 0. The third kappa shape index (κ3) is 3.02. The van der Waals surface area contributed by atoms with E-state index in [0.717, 1.165) is 18.6 Å². The van der Waals surface area contributed by atoms with E-state index in [2.05, 4.69) is 64.2 Å². The van der Waals surface area contributed by atoms with Crippen molar-refractivity contribution in [2.75, 3.05) is 6.54 Å². The highest BCUT2D eigenvalue weighted by Crippen LogP contribution is 2.36. The molecule has 1 aromatic rings. The zero-order valence-corrected chi connectivity index (χ0v) is 12.6. The lowest BCUT2D eigenvalue weighted by molar-refractivity contribution is 0.00578. The minimum Gasteiger partial charge on any atom is -0.399 e. The summed E-state index contributed by atoms with van der Waals surface area (Å²) in [5, 5.41) is 3.32. The van der Waals surface area contributed by atoms with Crippen LogP contribution in [-0.2, 0) is 15.9 Å². The molecule has 0 radical (unpaired) electrons. The first kappa shape index (κ1) is 14.6. The maximum Gasteiger partial charge on any atom is 0.494 e. The van der Waals surface area contributed by atoms with Gasteiger partial charge in [0.15, 0.2) is 0 Å². The highest BCUT2D eigenvalue weighted by molar-refractivity contribution is 6.62.